The molecule has 2 N–H and O–H groups in total. The van der Waals surface area contributed by atoms with Crippen LogP contribution < -0.4 is 10.6 Å². The molecule has 1 aromatic heterocycles. The van der Waals surface area contributed by atoms with Crippen LogP contribution in [-0.2, 0) is 18.3 Å². The van der Waals surface area contributed by atoms with Gasteiger partial charge in [-0.25, -0.2) is 13.8 Å². The van der Waals surface area contributed by atoms with Crippen molar-refractivity contribution in [2.24, 2.45) is 12.8 Å². The molecule has 0 radical (unpaired) electrons. The normalized spacial score (nSPS) is 11.9. The van der Waals surface area contributed by atoms with Gasteiger partial charge in [0.1, 0.15) is 11.6 Å². The topological polar surface area (TPSA) is 64.2 Å². The standard InChI is InChI=1S/C18H18F2N4O.H2S/c1-23-10-22-16-9-14(3-4-17(16)23)24(2)18(25)15(21)7-11-5-12(19)8-13(20)6-11;/h3-6,8-10,15H,7,21H2,1-2H3;1H2/t15-;/m0./s1. The molecule has 3 rings (SSSR count). The van der Waals surface area contributed by atoms with Gasteiger partial charge in [-0.05, 0) is 42.3 Å². The lowest BCUT2D eigenvalue weighted by Crippen LogP contribution is -2.43. The van der Waals surface area contributed by atoms with E-state index in [1.807, 2.05) is 17.7 Å². The number of fused-ring (bicyclic) bond motifs is 1. The monoisotopic (exact) mass is 378 g/mol. The highest BCUT2D eigenvalue weighted by Gasteiger charge is 2.20. The van der Waals surface area contributed by atoms with Crippen molar-refractivity contribution in [3.05, 3.63) is 59.9 Å². The molecule has 3 aromatic rings. The van der Waals surface area contributed by atoms with Crippen molar-refractivity contribution in [3.63, 3.8) is 0 Å². The minimum Gasteiger partial charge on any atom is -0.334 e. The van der Waals surface area contributed by atoms with Gasteiger partial charge in [0.05, 0.1) is 23.4 Å². The Kier molecular flexibility index (Phi) is 5.99. The van der Waals surface area contributed by atoms with E-state index in [0.717, 1.165) is 17.1 Å². The summed E-state index contributed by atoms with van der Waals surface area (Å²) in [6, 6.07) is 7.69. The average Bonchev–Trinajstić information content (AvgIpc) is 2.93. The van der Waals surface area contributed by atoms with Crippen molar-refractivity contribution in [1.29, 1.82) is 0 Å². The van der Waals surface area contributed by atoms with Crippen molar-refractivity contribution in [2.75, 3.05) is 11.9 Å². The van der Waals surface area contributed by atoms with Crippen molar-refractivity contribution in [2.45, 2.75) is 12.5 Å². The number of nitrogens with two attached hydrogens (primary N) is 1. The minimum atomic E-state index is -0.911. The van der Waals surface area contributed by atoms with Crippen molar-refractivity contribution in [3.8, 4) is 0 Å². The molecule has 1 heterocycles. The lowest BCUT2D eigenvalue weighted by molar-refractivity contribution is -0.119. The highest BCUT2D eigenvalue weighted by atomic mass is 32.1. The van der Waals surface area contributed by atoms with Gasteiger partial charge < -0.3 is 15.2 Å². The lowest BCUT2D eigenvalue weighted by atomic mass is 10.0. The summed E-state index contributed by atoms with van der Waals surface area (Å²) in [5, 5.41) is 0. The highest BCUT2D eigenvalue weighted by Crippen LogP contribution is 2.21. The smallest absolute Gasteiger partial charge is 0.243 e. The third kappa shape index (κ3) is 4.03. The van der Waals surface area contributed by atoms with Gasteiger partial charge in [0.2, 0.25) is 5.91 Å². The zero-order valence-electron chi connectivity index (χ0n) is 14.4. The molecule has 26 heavy (non-hydrogen) atoms. The van der Waals surface area contributed by atoms with Crippen LogP contribution in [0.2, 0.25) is 0 Å². The van der Waals surface area contributed by atoms with E-state index in [2.05, 4.69) is 4.98 Å². The fourth-order valence-electron chi connectivity index (χ4n) is 2.78. The zero-order valence-corrected chi connectivity index (χ0v) is 15.4. The summed E-state index contributed by atoms with van der Waals surface area (Å²) in [6.07, 6.45) is 1.74. The Morgan fingerprint density at radius 3 is 2.54 bits per heavy atom. The molecular weight excluding hydrogens is 358 g/mol. The molecule has 0 unspecified atom stereocenters. The Balaban J connectivity index is 0.00000243. The zero-order chi connectivity index (χ0) is 18.1. The van der Waals surface area contributed by atoms with E-state index in [-0.39, 0.29) is 25.8 Å². The van der Waals surface area contributed by atoms with Crippen LogP contribution in [0.15, 0.2) is 42.7 Å². The number of likely N-dealkylation sites (N-methyl/N-ethyl adjacent to an activating group) is 1. The molecular formula is C18H20F2N4OS. The lowest BCUT2D eigenvalue weighted by Gasteiger charge is -2.21. The van der Waals surface area contributed by atoms with Crippen LogP contribution in [0.5, 0.6) is 0 Å². The quantitative estimate of drug-likeness (QED) is 0.759. The number of hydrogen-bond acceptors (Lipinski definition) is 3. The van der Waals surface area contributed by atoms with E-state index >= 15 is 0 Å². The average molecular weight is 378 g/mol. The predicted molar refractivity (Wildman–Crippen MR) is 103 cm³/mol. The largest absolute Gasteiger partial charge is 0.334 e. The first-order valence-corrected chi connectivity index (χ1v) is 7.74. The molecule has 1 amide bonds. The number of benzene rings is 2. The SMILES string of the molecule is CN(C(=O)[C@@H](N)Cc1cc(F)cc(F)c1)c1ccc2c(c1)ncn2C.S. The summed E-state index contributed by atoms with van der Waals surface area (Å²) in [6.45, 7) is 0. The van der Waals surface area contributed by atoms with Gasteiger partial charge in [0.15, 0.2) is 0 Å². The number of aryl methyl sites for hydroxylation is 1. The van der Waals surface area contributed by atoms with Gasteiger partial charge in [-0.2, -0.15) is 13.5 Å². The summed E-state index contributed by atoms with van der Waals surface area (Å²) in [5.74, 6) is -1.73. The summed E-state index contributed by atoms with van der Waals surface area (Å²) >= 11 is 0. The van der Waals surface area contributed by atoms with Gasteiger partial charge in [-0.3, -0.25) is 4.79 Å². The second-order valence-corrected chi connectivity index (χ2v) is 6.01. The maximum absolute atomic E-state index is 13.3. The minimum absolute atomic E-state index is 0. The summed E-state index contributed by atoms with van der Waals surface area (Å²) < 4.78 is 28.4. The Morgan fingerprint density at radius 1 is 1.23 bits per heavy atom. The number of halogens is 2. The summed E-state index contributed by atoms with van der Waals surface area (Å²) in [4.78, 5) is 18.2. The molecule has 0 saturated heterocycles. The second kappa shape index (κ2) is 7.84. The first-order chi connectivity index (χ1) is 11.8. The fraction of sp³-hybridized carbons (Fsp3) is 0.222. The van der Waals surface area contributed by atoms with Crippen LogP contribution in [0.4, 0.5) is 14.5 Å². The molecule has 0 bridgehead atoms. The fourth-order valence-corrected chi connectivity index (χ4v) is 2.78. The van der Waals surface area contributed by atoms with Crippen LogP contribution in [0, 0.1) is 11.6 Å². The molecule has 0 spiro atoms. The van der Waals surface area contributed by atoms with Crippen LogP contribution >= 0.6 is 13.5 Å². The van der Waals surface area contributed by atoms with Crippen LogP contribution in [0.3, 0.4) is 0 Å². The van der Waals surface area contributed by atoms with Crippen molar-refractivity contribution >= 4 is 36.1 Å². The first-order valence-electron chi connectivity index (χ1n) is 7.74. The number of imidazole rings is 1. The molecule has 5 nitrogen and oxygen atoms in total. The summed E-state index contributed by atoms with van der Waals surface area (Å²) in [5.41, 5.74) is 8.65. The number of nitrogens with zero attached hydrogens (tertiary/aromatic N) is 3. The Hall–Kier alpha value is -2.45. The molecule has 0 aliphatic rings. The van der Waals surface area contributed by atoms with E-state index in [9.17, 15) is 13.6 Å². The number of anilines is 1. The van der Waals surface area contributed by atoms with Crippen molar-refractivity contribution < 1.29 is 13.6 Å². The van der Waals surface area contributed by atoms with Crippen LogP contribution in [-0.4, -0.2) is 28.5 Å². The van der Waals surface area contributed by atoms with Gasteiger partial charge in [-0.1, -0.05) is 0 Å². The summed E-state index contributed by atoms with van der Waals surface area (Å²) in [7, 11) is 3.50. The van der Waals surface area contributed by atoms with E-state index in [0.29, 0.717) is 11.3 Å². The highest BCUT2D eigenvalue weighted by molar-refractivity contribution is 7.59. The predicted octanol–water partition coefficient (Wildman–Crippen LogP) is 2.50. The van der Waals surface area contributed by atoms with Crippen LogP contribution in [0.1, 0.15) is 5.56 Å². The van der Waals surface area contributed by atoms with Gasteiger partial charge >= 0.3 is 0 Å². The molecule has 0 saturated carbocycles. The number of rotatable bonds is 4. The number of hydrogen-bond donors (Lipinski definition) is 1. The number of carbonyl (C=O) groups excluding carboxylic acids is 1. The molecule has 0 aliphatic carbocycles. The number of amides is 1. The molecule has 0 fully saturated rings. The van der Waals surface area contributed by atoms with Gasteiger partial charge in [0, 0.05) is 25.8 Å². The van der Waals surface area contributed by atoms with Gasteiger partial charge in [0.25, 0.3) is 0 Å². The van der Waals surface area contributed by atoms with E-state index in [4.69, 9.17) is 5.73 Å². The Bertz CT molecular complexity index is 924. The third-order valence-corrected chi connectivity index (χ3v) is 4.12. The van der Waals surface area contributed by atoms with E-state index < -0.39 is 17.7 Å². The van der Waals surface area contributed by atoms with E-state index in [1.165, 1.54) is 17.0 Å². The molecule has 138 valence electrons. The van der Waals surface area contributed by atoms with Crippen molar-refractivity contribution in [1.82, 2.24) is 9.55 Å². The maximum atomic E-state index is 13.3. The second-order valence-electron chi connectivity index (χ2n) is 6.01. The molecule has 8 heteroatoms. The van der Waals surface area contributed by atoms with Gasteiger partial charge in [-0.15, -0.1) is 0 Å². The Labute approximate surface area is 156 Å². The molecule has 2 aromatic carbocycles. The third-order valence-electron chi connectivity index (χ3n) is 4.12. The van der Waals surface area contributed by atoms with Crippen LogP contribution in [0.25, 0.3) is 11.0 Å². The maximum Gasteiger partial charge on any atom is 0.243 e. The molecule has 0 aliphatic heterocycles. The number of aromatic nitrogens is 2. The number of carbonyl (C=O) groups is 1. The molecule has 1 atom stereocenters. The Morgan fingerprint density at radius 2 is 1.88 bits per heavy atom. The van der Waals surface area contributed by atoms with E-state index in [1.54, 1.807) is 25.5 Å². The first kappa shape index (κ1) is 19.9.